The molecule has 2 N–H and O–H groups in total. The highest BCUT2D eigenvalue weighted by atomic mass is 35.5. The van der Waals surface area contributed by atoms with Crippen molar-refractivity contribution in [2.75, 3.05) is 0 Å². The van der Waals surface area contributed by atoms with Gasteiger partial charge in [0.1, 0.15) is 0 Å². The Bertz CT molecular complexity index is 764. The first-order chi connectivity index (χ1) is 10.2. The number of aromatic nitrogens is 2. The molecule has 0 spiro atoms. The lowest BCUT2D eigenvalue weighted by atomic mass is 10.0. The van der Waals surface area contributed by atoms with E-state index in [1.807, 2.05) is 41.2 Å². The molecule has 108 valence electrons. The first-order valence-corrected chi connectivity index (χ1v) is 7.54. The minimum absolute atomic E-state index is 0.129. The lowest BCUT2D eigenvalue weighted by Crippen LogP contribution is -2.22. The average Bonchev–Trinajstić information content (AvgIpc) is 2.91. The molecule has 0 fully saturated rings. The summed E-state index contributed by atoms with van der Waals surface area (Å²) in [5.41, 5.74) is 9.38. The van der Waals surface area contributed by atoms with E-state index in [2.05, 4.69) is 24.2 Å². The highest BCUT2D eigenvalue weighted by Gasteiger charge is 2.12. The van der Waals surface area contributed by atoms with Crippen LogP contribution in [0.4, 0.5) is 0 Å². The molecule has 0 saturated carbocycles. The molecule has 4 heteroatoms. The van der Waals surface area contributed by atoms with Gasteiger partial charge in [0, 0.05) is 16.5 Å². The second kappa shape index (κ2) is 5.88. The van der Waals surface area contributed by atoms with Crippen LogP contribution in [0.1, 0.15) is 18.9 Å². The third kappa shape index (κ3) is 2.80. The van der Waals surface area contributed by atoms with Crippen LogP contribution in [0.25, 0.3) is 16.6 Å². The number of hydrogen-bond donors (Lipinski definition) is 1. The van der Waals surface area contributed by atoms with Crippen molar-refractivity contribution in [2.45, 2.75) is 25.8 Å². The van der Waals surface area contributed by atoms with E-state index in [9.17, 15) is 0 Å². The Balaban J connectivity index is 2.13. The zero-order chi connectivity index (χ0) is 14.8. The highest BCUT2D eigenvalue weighted by Crippen LogP contribution is 2.24. The fourth-order valence-corrected chi connectivity index (χ4v) is 2.71. The highest BCUT2D eigenvalue weighted by molar-refractivity contribution is 6.30. The van der Waals surface area contributed by atoms with Gasteiger partial charge in [0.15, 0.2) is 0 Å². The molecule has 0 bridgehead atoms. The van der Waals surface area contributed by atoms with E-state index in [-0.39, 0.29) is 6.04 Å². The Hall–Kier alpha value is -1.84. The van der Waals surface area contributed by atoms with Gasteiger partial charge in [-0.15, -0.1) is 0 Å². The third-order valence-electron chi connectivity index (χ3n) is 3.75. The van der Waals surface area contributed by atoms with Crippen LogP contribution in [0.2, 0.25) is 5.02 Å². The number of rotatable bonds is 4. The molecule has 3 nitrogen and oxygen atoms in total. The van der Waals surface area contributed by atoms with Crippen molar-refractivity contribution in [1.29, 1.82) is 0 Å². The van der Waals surface area contributed by atoms with Crippen molar-refractivity contribution >= 4 is 22.5 Å². The molecule has 1 atom stereocenters. The second-order valence-corrected chi connectivity index (χ2v) is 5.70. The van der Waals surface area contributed by atoms with E-state index in [0.29, 0.717) is 0 Å². The van der Waals surface area contributed by atoms with Crippen LogP contribution >= 0.6 is 11.6 Å². The Morgan fingerprint density at radius 2 is 2.05 bits per heavy atom. The molecule has 21 heavy (non-hydrogen) atoms. The molecule has 1 unspecified atom stereocenters. The van der Waals surface area contributed by atoms with Crippen LogP contribution in [0.5, 0.6) is 0 Å². The summed E-state index contributed by atoms with van der Waals surface area (Å²) in [5, 5.41) is 6.38. The molecule has 3 aromatic rings. The van der Waals surface area contributed by atoms with Crippen molar-refractivity contribution in [1.82, 2.24) is 9.78 Å². The fourth-order valence-electron chi connectivity index (χ4n) is 2.51. The lowest BCUT2D eigenvalue weighted by Gasteiger charge is -2.14. The molecule has 0 saturated heterocycles. The van der Waals surface area contributed by atoms with E-state index in [1.165, 1.54) is 0 Å². The normalized spacial score (nSPS) is 12.7. The Morgan fingerprint density at radius 1 is 1.24 bits per heavy atom. The maximum absolute atomic E-state index is 6.15. The SMILES string of the molecule is CCC(N)Cc1cc(Cl)ccc1-n1ncc2ccccc21. The molecular formula is C17H18ClN3. The van der Waals surface area contributed by atoms with Crippen molar-refractivity contribution < 1.29 is 0 Å². The maximum Gasteiger partial charge on any atom is 0.0741 e. The second-order valence-electron chi connectivity index (χ2n) is 5.26. The quantitative estimate of drug-likeness (QED) is 0.792. The van der Waals surface area contributed by atoms with E-state index in [4.69, 9.17) is 17.3 Å². The molecule has 2 aromatic carbocycles. The Labute approximate surface area is 129 Å². The first kappa shape index (κ1) is 14.1. The van der Waals surface area contributed by atoms with Crippen LogP contribution < -0.4 is 5.73 Å². The predicted molar refractivity (Wildman–Crippen MR) is 88.1 cm³/mol. The van der Waals surface area contributed by atoms with Gasteiger partial charge in [-0.3, -0.25) is 0 Å². The summed E-state index contributed by atoms with van der Waals surface area (Å²) < 4.78 is 1.96. The topological polar surface area (TPSA) is 43.8 Å². The fraction of sp³-hybridized carbons (Fsp3) is 0.235. The van der Waals surface area contributed by atoms with Gasteiger partial charge in [-0.1, -0.05) is 36.7 Å². The maximum atomic E-state index is 6.15. The molecule has 0 aliphatic carbocycles. The smallest absolute Gasteiger partial charge is 0.0741 e. The van der Waals surface area contributed by atoms with E-state index in [0.717, 1.165) is 40.0 Å². The van der Waals surface area contributed by atoms with Gasteiger partial charge in [0.05, 0.1) is 17.4 Å². The number of para-hydroxylation sites is 1. The number of nitrogens with zero attached hydrogens (tertiary/aromatic N) is 2. The van der Waals surface area contributed by atoms with Crippen LogP contribution in [0.3, 0.4) is 0 Å². The summed E-state index contributed by atoms with van der Waals surface area (Å²) in [5.74, 6) is 0. The monoisotopic (exact) mass is 299 g/mol. The summed E-state index contributed by atoms with van der Waals surface area (Å²) in [4.78, 5) is 0. The average molecular weight is 300 g/mol. The number of benzene rings is 2. The van der Waals surface area contributed by atoms with Crippen molar-refractivity contribution in [3.05, 3.63) is 59.2 Å². The Kier molecular flexibility index (Phi) is 3.95. The summed E-state index contributed by atoms with van der Waals surface area (Å²) >= 11 is 6.15. The standard InChI is InChI=1S/C17H18ClN3/c1-2-15(19)10-13-9-14(18)7-8-17(13)21-16-6-4-3-5-12(16)11-20-21/h3-9,11,15H,2,10,19H2,1H3. The van der Waals surface area contributed by atoms with Gasteiger partial charge in [-0.25, -0.2) is 4.68 Å². The summed E-state index contributed by atoms with van der Waals surface area (Å²) in [7, 11) is 0. The lowest BCUT2D eigenvalue weighted by molar-refractivity contribution is 0.643. The molecule has 0 amide bonds. The van der Waals surface area contributed by atoms with E-state index >= 15 is 0 Å². The summed E-state index contributed by atoms with van der Waals surface area (Å²) in [6, 6.07) is 14.2. The molecule has 1 aromatic heterocycles. The van der Waals surface area contributed by atoms with Gasteiger partial charge in [0.25, 0.3) is 0 Å². The number of hydrogen-bond acceptors (Lipinski definition) is 2. The predicted octanol–water partition coefficient (Wildman–Crippen LogP) is 3.96. The van der Waals surface area contributed by atoms with Crippen molar-refractivity contribution in [2.24, 2.45) is 5.73 Å². The molecule has 0 radical (unpaired) electrons. The largest absolute Gasteiger partial charge is 0.327 e. The van der Waals surface area contributed by atoms with Gasteiger partial charge in [0.2, 0.25) is 0 Å². The van der Waals surface area contributed by atoms with Crippen LogP contribution in [-0.4, -0.2) is 15.8 Å². The van der Waals surface area contributed by atoms with E-state index < -0.39 is 0 Å². The minimum Gasteiger partial charge on any atom is -0.327 e. The van der Waals surface area contributed by atoms with Crippen molar-refractivity contribution in [3.8, 4) is 5.69 Å². The van der Waals surface area contributed by atoms with Crippen molar-refractivity contribution in [3.63, 3.8) is 0 Å². The third-order valence-corrected chi connectivity index (χ3v) is 3.99. The molecule has 1 heterocycles. The number of nitrogens with two attached hydrogens (primary N) is 1. The van der Waals surface area contributed by atoms with Gasteiger partial charge < -0.3 is 5.73 Å². The van der Waals surface area contributed by atoms with Crippen LogP contribution in [0, 0.1) is 0 Å². The molecule has 3 rings (SSSR count). The number of fused-ring (bicyclic) bond motifs is 1. The van der Waals surface area contributed by atoms with Gasteiger partial charge >= 0.3 is 0 Å². The first-order valence-electron chi connectivity index (χ1n) is 7.16. The van der Waals surface area contributed by atoms with Crippen LogP contribution in [0.15, 0.2) is 48.7 Å². The molecule has 0 aliphatic heterocycles. The van der Waals surface area contributed by atoms with E-state index in [1.54, 1.807) is 0 Å². The van der Waals surface area contributed by atoms with Gasteiger partial charge in [-0.05, 0) is 42.7 Å². The number of halogens is 1. The summed E-state index contributed by atoms with van der Waals surface area (Å²) in [6.07, 6.45) is 3.61. The summed E-state index contributed by atoms with van der Waals surface area (Å²) in [6.45, 7) is 2.10. The zero-order valence-corrected chi connectivity index (χ0v) is 12.7. The zero-order valence-electron chi connectivity index (χ0n) is 12.0. The van der Waals surface area contributed by atoms with Crippen LogP contribution in [-0.2, 0) is 6.42 Å². The minimum atomic E-state index is 0.129. The molecular weight excluding hydrogens is 282 g/mol. The Morgan fingerprint density at radius 3 is 2.86 bits per heavy atom. The molecule has 0 aliphatic rings. The van der Waals surface area contributed by atoms with Gasteiger partial charge in [-0.2, -0.15) is 5.10 Å².